The molecule has 0 unspecified atom stereocenters. The Balaban J connectivity index is 2.14. The summed E-state index contributed by atoms with van der Waals surface area (Å²) >= 11 is 3.52. The lowest BCUT2D eigenvalue weighted by Gasteiger charge is -2.28. The summed E-state index contributed by atoms with van der Waals surface area (Å²) in [4.78, 5) is 6.98. The summed E-state index contributed by atoms with van der Waals surface area (Å²) < 4.78 is 1.05. The quantitative estimate of drug-likeness (QED) is 0.664. The van der Waals surface area contributed by atoms with E-state index in [9.17, 15) is 0 Å². The number of nitrogens with one attached hydrogen (secondary N) is 1. The first-order valence-electron chi connectivity index (χ1n) is 6.96. The molecule has 1 aromatic heterocycles. The van der Waals surface area contributed by atoms with E-state index in [4.69, 9.17) is 0 Å². The maximum atomic E-state index is 4.62. The van der Waals surface area contributed by atoms with Crippen molar-refractivity contribution in [1.29, 1.82) is 0 Å². The number of anilines is 1. The third kappa shape index (κ3) is 4.05. The zero-order valence-corrected chi connectivity index (χ0v) is 13.3. The van der Waals surface area contributed by atoms with E-state index in [1.54, 1.807) is 0 Å². The average Bonchev–Trinajstić information content (AvgIpc) is 2.41. The molecule has 19 heavy (non-hydrogen) atoms. The van der Waals surface area contributed by atoms with Crippen molar-refractivity contribution in [2.75, 3.05) is 24.5 Å². The Morgan fingerprint density at radius 2 is 2.32 bits per heavy atom. The zero-order valence-electron chi connectivity index (χ0n) is 11.7. The van der Waals surface area contributed by atoms with Crippen LogP contribution in [-0.4, -0.2) is 24.6 Å². The van der Waals surface area contributed by atoms with Gasteiger partial charge < -0.3 is 10.2 Å². The Hall–Kier alpha value is -0.870. The normalized spacial score (nSPS) is 15.5. The summed E-state index contributed by atoms with van der Waals surface area (Å²) in [7, 11) is 0. The Morgan fingerprint density at radius 3 is 3.00 bits per heavy atom. The third-order valence-electron chi connectivity index (χ3n) is 3.39. The molecule has 1 N–H and O–H groups in total. The summed E-state index contributed by atoms with van der Waals surface area (Å²) in [5, 5.41) is 3.46. The van der Waals surface area contributed by atoms with Crippen LogP contribution in [0.5, 0.6) is 0 Å². The van der Waals surface area contributed by atoms with Gasteiger partial charge in [-0.25, -0.2) is 4.98 Å². The van der Waals surface area contributed by atoms with Gasteiger partial charge >= 0.3 is 0 Å². The summed E-state index contributed by atoms with van der Waals surface area (Å²) in [6, 6.07) is 2.18. The largest absolute Gasteiger partial charge is 0.352 e. The van der Waals surface area contributed by atoms with Gasteiger partial charge in [0.1, 0.15) is 5.82 Å². The summed E-state index contributed by atoms with van der Waals surface area (Å²) in [5.74, 6) is 1.12. The van der Waals surface area contributed by atoms with Gasteiger partial charge in [-0.3, -0.25) is 0 Å². The van der Waals surface area contributed by atoms with E-state index in [1.807, 2.05) is 6.20 Å². The molecule has 3 nitrogen and oxygen atoms in total. The molecule has 0 bridgehead atoms. The smallest absolute Gasteiger partial charge is 0.133 e. The predicted octanol–water partition coefficient (Wildman–Crippen LogP) is 3.50. The SMILES string of the molecule is CCCNCc1cc(Br)cnc1N1CC=C(C)CC1. The third-order valence-corrected chi connectivity index (χ3v) is 3.82. The van der Waals surface area contributed by atoms with Crippen molar-refractivity contribution >= 4 is 21.7 Å². The first-order valence-corrected chi connectivity index (χ1v) is 7.75. The highest BCUT2D eigenvalue weighted by atomic mass is 79.9. The second kappa shape index (κ2) is 7.06. The first-order chi connectivity index (χ1) is 9.20. The monoisotopic (exact) mass is 323 g/mol. The number of pyridine rings is 1. The Bertz CT molecular complexity index is 457. The molecular formula is C15H22BrN3. The molecule has 0 radical (unpaired) electrons. The molecule has 0 fully saturated rings. The fraction of sp³-hybridized carbons (Fsp3) is 0.533. The van der Waals surface area contributed by atoms with Crippen LogP contribution >= 0.6 is 15.9 Å². The van der Waals surface area contributed by atoms with Gasteiger partial charge in [-0.2, -0.15) is 0 Å². The molecule has 0 aromatic carbocycles. The van der Waals surface area contributed by atoms with Crippen LogP contribution in [0.4, 0.5) is 5.82 Å². The molecule has 0 saturated heterocycles. The molecule has 0 saturated carbocycles. The van der Waals surface area contributed by atoms with Crippen LogP contribution in [0.3, 0.4) is 0 Å². The molecule has 0 amide bonds. The van der Waals surface area contributed by atoms with Gasteiger partial charge in [0.2, 0.25) is 0 Å². The van der Waals surface area contributed by atoms with E-state index in [0.717, 1.165) is 49.3 Å². The van der Waals surface area contributed by atoms with E-state index < -0.39 is 0 Å². The maximum Gasteiger partial charge on any atom is 0.133 e. The van der Waals surface area contributed by atoms with Gasteiger partial charge in [0.15, 0.2) is 0 Å². The molecule has 0 aliphatic carbocycles. The van der Waals surface area contributed by atoms with Crippen molar-refractivity contribution in [1.82, 2.24) is 10.3 Å². The van der Waals surface area contributed by atoms with Gasteiger partial charge in [0, 0.05) is 35.9 Å². The number of rotatable bonds is 5. The molecule has 2 rings (SSSR count). The van der Waals surface area contributed by atoms with Crippen molar-refractivity contribution in [2.45, 2.75) is 33.2 Å². The van der Waals surface area contributed by atoms with Crippen LogP contribution in [0.15, 0.2) is 28.4 Å². The van der Waals surface area contributed by atoms with E-state index in [0.29, 0.717) is 0 Å². The second-order valence-electron chi connectivity index (χ2n) is 5.06. The molecule has 0 atom stereocenters. The lowest BCUT2D eigenvalue weighted by Crippen LogP contribution is -2.30. The summed E-state index contributed by atoms with van der Waals surface area (Å²) in [6.45, 7) is 8.36. The van der Waals surface area contributed by atoms with E-state index >= 15 is 0 Å². The Labute approximate surface area is 124 Å². The molecule has 1 aliphatic rings. The second-order valence-corrected chi connectivity index (χ2v) is 5.98. The van der Waals surface area contributed by atoms with Crippen molar-refractivity contribution in [2.24, 2.45) is 0 Å². The maximum absolute atomic E-state index is 4.62. The molecule has 1 aromatic rings. The van der Waals surface area contributed by atoms with E-state index in [1.165, 1.54) is 11.1 Å². The van der Waals surface area contributed by atoms with Crippen LogP contribution in [0, 0.1) is 0 Å². The van der Waals surface area contributed by atoms with E-state index in [-0.39, 0.29) is 0 Å². The van der Waals surface area contributed by atoms with Gasteiger partial charge in [-0.15, -0.1) is 0 Å². The molecule has 2 heterocycles. The number of hydrogen-bond donors (Lipinski definition) is 1. The summed E-state index contributed by atoms with van der Waals surface area (Å²) in [5.41, 5.74) is 2.76. The minimum atomic E-state index is 0.884. The van der Waals surface area contributed by atoms with Crippen LogP contribution in [0.25, 0.3) is 0 Å². The van der Waals surface area contributed by atoms with Crippen LogP contribution in [-0.2, 0) is 6.54 Å². The molecular weight excluding hydrogens is 302 g/mol. The fourth-order valence-corrected chi connectivity index (χ4v) is 2.63. The molecule has 4 heteroatoms. The van der Waals surface area contributed by atoms with Crippen molar-refractivity contribution in [3.8, 4) is 0 Å². The van der Waals surface area contributed by atoms with Crippen molar-refractivity contribution < 1.29 is 0 Å². The van der Waals surface area contributed by atoms with Crippen LogP contribution in [0.1, 0.15) is 32.3 Å². The van der Waals surface area contributed by atoms with Crippen LogP contribution in [0.2, 0.25) is 0 Å². The fourth-order valence-electron chi connectivity index (χ4n) is 2.25. The molecule has 0 spiro atoms. The minimum Gasteiger partial charge on any atom is -0.352 e. The van der Waals surface area contributed by atoms with Gasteiger partial charge in [-0.05, 0) is 48.3 Å². The lowest BCUT2D eigenvalue weighted by molar-refractivity contribution is 0.668. The highest BCUT2D eigenvalue weighted by Crippen LogP contribution is 2.24. The predicted molar refractivity (Wildman–Crippen MR) is 84.5 cm³/mol. The van der Waals surface area contributed by atoms with Crippen LogP contribution < -0.4 is 10.2 Å². The van der Waals surface area contributed by atoms with Gasteiger partial charge in [-0.1, -0.05) is 18.6 Å². The minimum absolute atomic E-state index is 0.884. The Morgan fingerprint density at radius 1 is 1.47 bits per heavy atom. The first kappa shape index (κ1) is 14.5. The number of aromatic nitrogens is 1. The highest BCUT2D eigenvalue weighted by molar-refractivity contribution is 9.10. The topological polar surface area (TPSA) is 28.2 Å². The Kier molecular flexibility index (Phi) is 5.40. The standard InChI is InChI=1S/C15H22BrN3/c1-3-6-17-10-13-9-14(16)11-18-15(13)19-7-4-12(2)5-8-19/h4,9,11,17H,3,5-8,10H2,1-2H3. The number of halogens is 1. The summed E-state index contributed by atoms with van der Waals surface area (Å²) in [6.07, 6.45) is 6.49. The van der Waals surface area contributed by atoms with Gasteiger partial charge in [0.25, 0.3) is 0 Å². The number of hydrogen-bond acceptors (Lipinski definition) is 3. The number of nitrogens with zero attached hydrogens (tertiary/aromatic N) is 2. The van der Waals surface area contributed by atoms with E-state index in [2.05, 4.69) is 57.1 Å². The zero-order chi connectivity index (χ0) is 13.7. The highest BCUT2D eigenvalue weighted by Gasteiger charge is 2.15. The van der Waals surface area contributed by atoms with Crippen molar-refractivity contribution in [3.63, 3.8) is 0 Å². The van der Waals surface area contributed by atoms with Gasteiger partial charge in [0.05, 0.1) is 0 Å². The lowest BCUT2D eigenvalue weighted by atomic mass is 10.1. The molecule has 1 aliphatic heterocycles. The molecule has 104 valence electrons. The van der Waals surface area contributed by atoms with Crippen molar-refractivity contribution in [3.05, 3.63) is 33.9 Å². The average molecular weight is 324 g/mol.